The van der Waals surface area contributed by atoms with Crippen LogP contribution in [0.2, 0.25) is 0 Å². The maximum absolute atomic E-state index is 13.7. The quantitative estimate of drug-likeness (QED) is 0.441. The number of nitrogens with zero attached hydrogens (tertiary/aromatic N) is 3. The van der Waals surface area contributed by atoms with Crippen molar-refractivity contribution in [1.29, 1.82) is 0 Å². The number of amides is 2. The molecule has 10 nitrogen and oxygen atoms in total. The van der Waals surface area contributed by atoms with E-state index < -0.39 is 40.1 Å². The van der Waals surface area contributed by atoms with Crippen LogP contribution in [-0.2, 0) is 25.4 Å². The van der Waals surface area contributed by atoms with Crippen LogP contribution in [0.3, 0.4) is 0 Å². The Bertz CT molecular complexity index is 1460. The van der Waals surface area contributed by atoms with E-state index >= 15 is 0 Å². The van der Waals surface area contributed by atoms with Gasteiger partial charge in [0.05, 0.1) is 18.3 Å². The van der Waals surface area contributed by atoms with Gasteiger partial charge >= 0.3 is 6.09 Å². The fraction of sp³-hybridized carbons (Fsp3) is 0.407. The maximum atomic E-state index is 13.7. The second kappa shape index (κ2) is 11.0. The first-order chi connectivity index (χ1) is 18.6. The number of Topliss-reactive ketones (excluding diaryl/α,β-unsaturated/α-hetero) is 1. The Morgan fingerprint density at radius 1 is 1.18 bits per heavy atom. The number of nitrogens with one attached hydrogen (secondary N) is 1. The fourth-order valence-corrected chi connectivity index (χ4v) is 7.88. The number of pyridine rings is 1. The van der Waals surface area contributed by atoms with Crippen LogP contribution in [0.5, 0.6) is 5.06 Å². The van der Waals surface area contributed by atoms with Crippen LogP contribution >= 0.6 is 11.3 Å². The van der Waals surface area contributed by atoms with Crippen LogP contribution < -0.4 is 10.1 Å². The van der Waals surface area contributed by atoms with Crippen LogP contribution in [0, 0.1) is 5.92 Å². The molecule has 1 aromatic carbocycles. The fourth-order valence-electron chi connectivity index (χ4n) is 5.30. The third kappa shape index (κ3) is 5.82. The van der Waals surface area contributed by atoms with Crippen LogP contribution in [-0.4, -0.2) is 71.6 Å². The number of likely N-dealkylation sites (tertiary alicyclic amines) is 1. The lowest BCUT2D eigenvalue weighted by Gasteiger charge is -2.28. The monoisotopic (exact) mass is 570 g/mol. The van der Waals surface area contributed by atoms with Crippen molar-refractivity contribution in [3.05, 3.63) is 60.4 Å². The minimum Gasteiger partial charge on any atom is -0.399 e. The van der Waals surface area contributed by atoms with E-state index in [4.69, 9.17) is 4.74 Å². The van der Waals surface area contributed by atoms with Crippen LogP contribution in [0.1, 0.15) is 32.4 Å². The topological polar surface area (TPSA) is 126 Å². The Labute approximate surface area is 231 Å². The Balaban J connectivity index is 1.29. The van der Waals surface area contributed by atoms with Crippen LogP contribution in [0.4, 0.5) is 4.79 Å². The van der Waals surface area contributed by atoms with Crippen LogP contribution in [0.15, 0.2) is 54.7 Å². The molecule has 0 bridgehead atoms. The van der Waals surface area contributed by atoms with Gasteiger partial charge in [0, 0.05) is 23.5 Å². The average molecular weight is 571 g/mol. The smallest absolute Gasteiger partial charge is 0.399 e. The Morgan fingerprint density at radius 2 is 1.95 bits per heavy atom. The molecule has 4 heterocycles. The molecule has 1 N–H and O–H groups in total. The molecule has 2 fully saturated rings. The van der Waals surface area contributed by atoms with Gasteiger partial charge in [-0.3, -0.25) is 14.6 Å². The van der Waals surface area contributed by atoms with E-state index in [9.17, 15) is 22.8 Å². The predicted molar refractivity (Wildman–Crippen MR) is 147 cm³/mol. The van der Waals surface area contributed by atoms with E-state index in [1.54, 1.807) is 24.3 Å². The number of benzene rings is 1. The molecule has 0 spiro atoms. The molecule has 12 heteroatoms. The number of carbonyl (C=O) groups excluding carboxylic acids is 3. The zero-order chi connectivity index (χ0) is 27.7. The highest BCUT2D eigenvalue weighted by molar-refractivity contribution is 7.88. The second-order valence-corrected chi connectivity index (χ2v) is 13.2. The van der Waals surface area contributed by atoms with Gasteiger partial charge in [-0.05, 0) is 42.3 Å². The standard InChI is InChI=1S/C27H30N4O6S2/c1-17(2)13-20(29-27(34)37-24-14-18-7-3-4-9-23(18)38-24)26(33)30-12-10-21-25(30)22(32)15-31(21)39(35,36)16-19-8-5-6-11-28-19/h3-9,11,14,17,20-21,25H,10,12-13,15-16H2,1-2H3,(H,29,34). The Hall–Kier alpha value is -3.35. The maximum Gasteiger partial charge on any atom is 0.414 e. The van der Waals surface area contributed by atoms with Gasteiger partial charge in [0.1, 0.15) is 17.8 Å². The molecule has 0 saturated carbocycles. The molecular weight excluding hydrogens is 540 g/mol. The molecule has 3 aromatic rings. The van der Waals surface area contributed by atoms with Crippen molar-refractivity contribution < 1.29 is 27.5 Å². The molecule has 0 aliphatic carbocycles. The lowest BCUT2D eigenvalue weighted by atomic mass is 10.0. The first kappa shape index (κ1) is 27.2. The normalized spacial score (nSPS) is 20.4. The van der Waals surface area contributed by atoms with E-state index in [0.717, 1.165) is 10.1 Å². The summed E-state index contributed by atoms with van der Waals surface area (Å²) in [6, 6.07) is 12.0. The van der Waals surface area contributed by atoms with Gasteiger partial charge in [-0.2, -0.15) is 4.31 Å². The third-order valence-corrected chi connectivity index (χ3v) is 9.74. The van der Waals surface area contributed by atoms with Crippen molar-refractivity contribution in [1.82, 2.24) is 19.5 Å². The highest BCUT2D eigenvalue weighted by Gasteiger charge is 2.54. The molecule has 206 valence electrons. The molecule has 2 aliphatic rings. The van der Waals surface area contributed by atoms with E-state index in [1.807, 2.05) is 38.1 Å². The lowest BCUT2D eigenvalue weighted by Crippen LogP contribution is -2.53. The summed E-state index contributed by atoms with van der Waals surface area (Å²) in [5.74, 6) is -0.996. The Kier molecular flexibility index (Phi) is 7.70. The summed E-state index contributed by atoms with van der Waals surface area (Å²) in [5, 5.41) is 4.05. The number of rotatable bonds is 8. The minimum atomic E-state index is -3.83. The molecular formula is C27H30N4O6S2. The van der Waals surface area contributed by atoms with Gasteiger partial charge in [-0.25, -0.2) is 13.2 Å². The van der Waals surface area contributed by atoms with E-state index in [1.165, 1.54) is 26.7 Å². The number of aromatic nitrogens is 1. The third-order valence-electron chi connectivity index (χ3n) is 6.97. The van der Waals surface area contributed by atoms with Gasteiger partial charge in [0.15, 0.2) is 10.8 Å². The molecule has 3 unspecified atom stereocenters. The Morgan fingerprint density at radius 3 is 2.67 bits per heavy atom. The zero-order valence-electron chi connectivity index (χ0n) is 21.6. The molecule has 2 aliphatic heterocycles. The SMILES string of the molecule is CC(C)CC(NC(=O)Oc1cc2ccccc2s1)C(=O)N1CCC2C1C(=O)CN2S(=O)(=O)Cc1ccccn1. The van der Waals surface area contributed by atoms with Crippen molar-refractivity contribution in [3.63, 3.8) is 0 Å². The number of ketones is 1. The number of hydrogen-bond acceptors (Lipinski definition) is 8. The summed E-state index contributed by atoms with van der Waals surface area (Å²) in [4.78, 5) is 45.0. The van der Waals surface area contributed by atoms with Gasteiger partial charge in [0.25, 0.3) is 0 Å². The van der Waals surface area contributed by atoms with Gasteiger partial charge < -0.3 is 15.0 Å². The van der Waals surface area contributed by atoms with E-state index in [-0.39, 0.29) is 30.5 Å². The van der Waals surface area contributed by atoms with Gasteiger partial charge in [-0.1, -0.05) is 49.4 Å². The second-order valence-electron chi connectivity index (χ2n) is 10.2. The molecule has 2 aromatic heterocycles. The molecule has 3 atom stereocenters. The van der Waals surface area contributed by atoms with E-state index in [0.29, 0.717) is 23.6 Å². The molecule has 5 rings (SSSR count). The number of hydrogen-bond donors (Lipinski definition) is 1. The van der Waals surface area contributed by atoms with Crippen molar-refractivity contribution in [2.45, 2.75) is 50.6 Å². The highest BCUT2D eigenvalue weighted by atomic mass is 32.2. The largest absolute Gasteiger partial charge is 0.414 e. The summed E-state index contributed by atoms with van der Waals surface area (Å²) in [6.07, 6.45) is 1.44. The minimum absolute atomic E-state index is 0.0662. The number of ether oxygens (including phenoxy) is 1. The summed E-state index contributed by atoms with van der Waals surface area (Å²) in [5.41, 5.74) is 0.387. The summed E-state index contributed by atoms with van der Waals surface area (Å²) < 4.78 is 34.0. The summed E-state index contributed by atoms with van der Waals surface area (Å²) in [6.45, 7) is 3.79. The van der Waals surface area contributed by atoms with Crippen molar-refractivity contribution in [2.75, 3.05) is 13.1 Å². The highest BCUT2D eigenvalue weighted by Crippen LogP contribution is 2.34. The molecule has 2 amide bonds. The average Bonchev–Trinajstić information content (AvgIpc) is 3.58. The number of carbonyl (C=O) groups is 3. The predicted octanol–water partition coefficient (Wildman–Crippen LogP) is 3.18. The number of fused-ring (bicyclic) bond motifs is 2. The first-order valence-electron chi connectivity index (χ1n) is 12.8. The number of sulfonamides is 1. The molecule has 39 heavy (non-hydrogen) atoms. The van der Waals surface area contributed by atoms with Crippen molar-refractivity contribution in [3.8, 4) is 5.06 Å². The lowest BCUT2D eigenvalue weighted by molar-refractivity contribution is -0.138. The zero-order valence-corrected chi connectivity index (χ0v) is 23.3. The van der Waals surface area contributed by atoms with E-state index in [2.05, 4.69) is 10.3 Å². The number of thiophene rings is 1. The van der Waals surface area contributed by atoms with Crippen molar-refractivity contribution >= 4 is 49.2 Å². The van der Waals surface area contributed by atoms with Crippen molar-refractivity contribution in [2.24, 2.45) is 5.92 Å². The summed E-state index contributed by atoms with van der Waals surface area (Å²) in [7, 11) is -3.83. The van der Waals surface area contributed by atoms with Gasteiger partial charge in [-0.15, -0.1) is 0 Å². The summed E-state index contributed by atoms with van der Waals surface area (Å²) >= 11 is 1.33. The van der Waals surface area contributed by atoms with Gasteiger partial charge in [0.2, 0.25) is 15.9 Å². The molecule has 0 radical (unpaired) electrons. The first-order valence-corrected chi connectivity index (χ1v) is 15.2. The molecule has 2 saturated heterocycles. The van der Waals surface area contributed by atoms with Crippen LogP contribution in [0.25, 0.3) is 10.1 Å².